The quantitative estimate of drug-likeness (QED) is 0.336. The van der Waals surface area contributed by atoms with Crippen LogP contribution in [0.1, 0.15) is 0 Å². The minimum Gasteiger partial charge on any atom is -0.511 e. The summed E-state index contributed by atoms with van der Waals surface area (Å²) in [6.07, 6.45) is 0. The minimum atomic E-state index is -3.13. The normalized spacial score (nSPS) is 4.80. The van der Waals surface area contributed by atoms with Crippen LogP contribution in [0, 0.1) is 0 Å². The summed E-state index contributed by atoms with van der Waals surface area (Å²) in [5, 5.41) is 0. The van der Waals surface area contributed by atoms with Crippen molar-refractivity contribution >= 4 is 19.3 Å². The van der Waals surface area contributed by atoms with Gasteiger partial charge in [-0.2, -0.15) is 0 Å². The molecule has 0 aliphatic heterocycles. The Morgan fingerprint density at radius 2 is 1.40 bits per heavy atom. The van der Waals surface area contributed by atoms with Crippen LogP contribution in [0.25, 0.3) is 0 Å². The fraction of sp³-hybridized carbons (Fsp3) is 0. The summed E-state index contributed by atoms with van der Waals surface area (Å²) in [6.45, 7) is 0. The first-order valence-corrected chi connectivity index (χ1v) is 1.95. The van der Waals surface area contributed by atoms with E-state index in [1.54, 1.807) is 0 Å². The van der Waals surface area contributed by atoms with E-state index in [0.29, 0.717) is 0 Å². The van der Waals surface area contributed by atoms with Gasteiger partial charge in [-0.25, -0.2) is 0 Å². The Labute approximate surface area is 34.4 Å². The van der Waals surface area contributed by atoms with Crippen LogP contribution < -0.4 is 0 Å². The first-order valence-electron chi connectivity index (χ1n) is 0.651. The maximum atomic E-state index is 8.74. The molecule has 0 aromatic rings. The van der Waals surface area contributed by atoms with E-state index in [2.05, 4.69) is 0 Å². The molecular formula is H2BeO3Si+2. The molecule has 5 heavy (non-hydrogen) atoms. The van der Waals surface area contributed by atoms with Gasteiger partial charge in [0.25, 0.3) is 0 Å². The fourth-order valence-corrected chi connectivity index (χ4v) is 0. The van der Waals surface area contributed by atoms with E-state index in [-0.39, 0.29) is 10.1 Å². The molecule has 0 unspecified atom stereocenters. The molecule has 3 nitrogen and oxygen atoms in total. The van der Waals surface area contributed by atoms with Gasteiger partial charge in [-0.05, 0) is 0 Å². The molecule has 0 aliphatic carbocycles. The van der Waals surface area contributed by atoms with Crippen LogP contribution in [0.15, 0.2) is 0 Å². The Morgan fingerprint density at radius 3 is 1.40 bits per heavy atom. The Bertz CT molecular complexity index is 29.9. The van der Waals surface area contributed by atoms with Gasteiger partial charge in [0.2, 0.25) is 0 Å². The minimum absolute atomic E-state index is 0. The van der Waals surface area contributed by atoms with Crippen molar-refractivity contribution in [2.75, 3.05) is 0 Å². The molecule has 24 valence electrons. The molecule has 0 amide bonds. The van der Waals surface area contributed by atoms with Crippen molar-refractivity contribution in [3.63, 3.8) is 0 Å². The molecule has 0 fully saturated rings. The summed E-state index contributed by atoms with van der Waals surface area (Å²) >= 11 is 0. The molecule has 0 radical (unpaired) electrons. The molecular weight excluding hydrogens is 85.1 g/mol. The van der Waals surface area contributed by atoms with Gasteiger partial charge in [0.15, 0.2) is 0 Å². The van der Waals surface area contributed by atoms with Crippen LogP contribution >= 0.6 is 0 Å². The summed E-state index contributed by atoms with van der Waals surface area (Å²) < 4.78 is 8.74. The molecule has 0 spiro atoms. The van der Waals surface area contributed by atoms with Crippen LogP contribution in [0.5, 0.6) is 0 Å². The predicted molar refractivity (Wildman–Crippen MR) is 16.6 cm³/mol. The molecule has 2 N–H and O–H groups in total. The third kappa shape index (κ3) is 263. The van der Waals surface area contributed by atoms with Crippen LogP contribution in [0.4, 0.5) is 0 Å². The van der Waals surface area contributed by atoms with Crippen molar-refractivity contribution in [2.24, 2.45) is 0 Å². The molecule has 0 aromatic heterocycles. The molecule has 0 rings (SSSR count). The zero-order valence-corrected chi connectivity index (χ0v) is 3.51. The van der Waals surface area contributed by atoms with E-state index in [0.717, 1.165) is 0 Å². The Kier molecular flexibility index (Phi) is 6.69. The third-order valence-corrected chi connectivity index (χ3v) is 0. The second-order valence-corrected chi connectivity index (χ2v) is 0.848. The van der Waals surface area contributed by atoms with E-state index in [1.165, 1.54) is 0 Å². The van der Waals surface area contributed by atoms with Crippen LogP contribution in [-0.2, 0) is 4.46 Å². The SMILES string of the molecule is O=[Si](O)O.[Be+2]. The van der Waals surface area contributed by atoms with E-state index in [9.17, 15) is 0 Å². The Morgan fingerprint density at radius 1 is 1.40 bits per heavy atom. The second kappa shape index (κ2) is 3.79. The number of hydrogen-bond donors (Lipinski definition) is 2. The van der Waals surface area contributed by atoms with Crippen molar-refractivity contribution < 1.29 is 14.1 Å². The van der Waals surface area contributed by atoms with E-state index in [1.807, 2.05) is 0 Å². The summed E-state index contributed by atoms with van der Waals surface area (Å²) in [6, 6.07) is 0. The fourth-order valence-electron chi connectivity index (χ4n) is 0. The molecule has 0 aromatic carbocycles. The van der Waals surface area contributed by atoms with Crippen molar-refractivity contribution in [1.82, 2.24) is 0 Å². The summed E-state index contributed by atoms with van der Waals surface area (Å²) in [5.41, 5.74) is 0. The van der Waals surface area contributed by atoms with Gasteiger partial charge in [-0.3, -0.25) is 4.46 Å². The molecule has 0 saturated heterocycles. The van der Waals surface area contributed by atoms with Gasteiger partial charge in [0.1, 0.15) is 0 Å². The summed E-state index contributed by atoms with van der Waals surface area (Å²) in [7, 11) is -3.13. The number of rotatable bonds is 0. The Balaban J connectivity index is 0. The molecule has 0 atom stereocenters. The predicted octanol–water partition coefficient (Wildman–Crippen LogP) is -1.99. The summed E-state index contributed by atoms with van der Waals surface area (Å²) in [5.74, 6) is 0. The van der Waals surface area contributed by atoms with Gasteiger partial charge in [-0.15, -0.1) is 0 Å². The smallest absolute Gasteiger partial charge is 0.511 e. The molecule has 0 saturated carbocycles. The molecule has 5 heteroatoms. The first kappa shape index (κ1) is 8.84. The maximum absolute atomic E-state index is 8.74. The van der Waals surface area contributed by atoms with Gasteiger partial charge < -0.3 is 9.59 Å². The largest absolute Gasteiger partial charge is 2.00 e. The van der Waals surface area contributed by atoms with E-state index in [4.69, 9.17) is 14.1 Å². The Hall–Kier alpha value is -0.214. The van der Waals surface area contributed by atoms with Crippen LogP contribution in [0.3, 0.4) is 0 Å². The average Bonchev–Trinajstić information content (AvgIpc) is 0.811. The zero-order chi connectivity index (χ0) is 3.58. The zero-order valence-electron chi connectivity index (χ0n) is 2.51. The monoisotopic (exact) mass is 87.0 g/mol. The maximum Gasteiger partial charge on any atom is 2.00 e. The van der Waals surface area contributed by atoms with Crippen LogP contribution in [0.2, 0.25) is 0 Å². The average molecular weight is 87.1 g/mol. The first-order chi connectivity index (χ1) is 1.73. The van der Waals surface area contributed by atoms with Gasteiger partial charge in [-0.1, -0.05) is 0 Å². The van der Waals surface area contributed by atoms with Crippen molar-refractivity contribution in [2.45, 2.75) is 0 Å². The van der Waals surface area contributed by atoms with Gasteiger partial charge in [0.05, 0.1) is 0 Å². The topological polar surface area (TPSA) is 57.5 Å². The molecule has 0 bridgehead atoms. The second-order valence-electron chi connectivity index (χ2n) is 0.283. The van der Waals surface area contributed by atoms with E-state index < -0.39 is 9.17 Å². The third-order valence-electron chi connectivity index (χ3n) is 0. The molecule has 0 heterocycles. The van der Waals surface area contributed by atoms with Gasteiger partial charge in [0, 0.05) is 0 Å². The van der Waals surface area contributed by atoms with Gasteiger partial charge >= 0.3 is 19.3 Å². The standard InChI is InChI=1S/Be.H2O3Si/c;1-4(2)3/h;1-2H/q+2;. The van der Waals surface area contributed by atoms with Crippen molar-refractivity contribution in [3.8, 4) is 0 Å². The van der Waals surface area contributed by atoms with Crippen molar-refractivity contribution in [3.05, 3.63) is 0 Å². The van der Waals surface area contributed by atoms with E-state index >= 15 is 0 Å². The van der Waals surface area contributed by atoms with Crippen molar-refractivity contribution in [1.29, 1.82) is 0 Å². The summed E-state index contributed by atoms with van der Waals surface area (Å²) in [4.78, 5) is 14.3. The number of hydrogen-bond acceptors (Lipinski definition) is 1. The van der Waals surface area contributed by atoms with Crippen LogP contribution in [-0.4, -0.2) is 28.9 Å². The molecule has 0 aliphatic rings.